The third kappa shape index (κ3) is 4.10. The highest BCUT2D eigenvalue weighted by atomic mass is 16.1. The topological polar surface area (TPSA) is 58.4 Å². The fourth-order valence-corrected chi connectivity index (χ4v) is 2.35. The standard InChI is InChI=1S/C12H25N3O/c1-3-10-9-15(8-6-11(10)13)7-4-5-12(16)14-2/h10-11H,3-9,13H2,1-2H3,(H,14,16). The molecule has 3 N–H and O–H groups in total. The smallest absolute Gasteiger partial charge is 0.219 e. The summed E-state index contributed by atoms with van der Waals surface area (Å²) in [5.41, 5.74) is 6.06. The van der Waals surface area contributed by atoms with E-state index in [1.807, 2.05) is 0 Å². The Labute approximate surface area is 98.6 Å². The van der Waals surface area contributed by atoms with Crippen LogP contribution in [-0.4, -0.2) is 43.5 Å². The summed E-state index contributed by atoms with van der Waals surface area (Å²) in [4.78, 5) is 13.5. The Bertz CT molecular complexity index is 220. The average Bonchev–Trinajstić information content (AvgIpc) is 2.31. The van der Waals surface area contributed by atoms with Crippen LogP contribution in [0.15, 0.2) is 0 Å². The lowest BCUT2D eigenvalue weighted by Gasteiger charge is -2.36. The number of hydrogen-bond acceptors (Lipinski definition) is 3. The lowest BCUT2D eigenvalue weighted by atomic mass is 9.90. The molecular weight excluding hydrogens is 202 g/mol. The highest BCUT2D eigenvalue weighted by Crippen LogP contribution is 2.18. The summed E-state index contributed by atoms with van der Waals surface area (Å²) < 4.78 is 0. The molecule has 1 aliphatic heterocycles. The predicted octanol–water partition coefficient (Wildman–Crippen LogP) is 0.572. The minimum Gasteiger partial charge on any atom is -0.359 e. The highest BCUT2D eigenvalue weighted by molar-refractivity contribution is 5.75. The number of carbonyl (C=O) groups is 1. The van der Waals surface area contributed by atoms with E-state index in [0.29, 0.717) is 18.4 Å². The molecule has 1 amide bonds. The van der Waals surface area contributed by atoms with Crippen LogP contribution in [-0.2, 0) is 4.79 Å². The van der Waals surface area contributed by atoms with E-state index in [1.165, 1.54) is 0 Å². The van der Waals surface area contributed by atoms with Crippen molar-refractivity contribution in [2.24, 2.45) is 11.7 Å². The lowest BCUT2D eigenvalue weighted by molar-refractivity contribution is -0.120. The summed E-state index contributed by atoms with van der Waals surface area (Å²) in [6, 6.07) is 0.375. The second kappa shape index (κ2) is 6.86. The first-order valence-electron chi connectivity index (χ1n) is 6.35. The van der Waals surface area contributed by atoms with Gasteiger partial charge >= 0.3 is 0 Å². The van der Waals surface area contributed by atoms with Crippen LogP contribution in [0.1, 0.15) is 32.6 Å². The second-order valence-corrected chi connectivity index (χ2v) is 4.70. The van der Waals surface area contributed by atoms with Gasteiger partial charge in [0, 0.05) is 26.1 Å². The van der Waals surface area contributed by atoms with Crippen LogP contribution >= 0.6 is 0 Å². The van der Waals surface area contributed by atoms with Gasteiger partial charge in [0.25, 0.3) is 0 Å². The zero-order chi connectivity index (χ0) is 12.0. The number of nitrogens with two attached hydrogens (primary N) is 1. The van der Waals surface area contributed by atoms with Gasteiger partial charge in [-0.05, 0) is 31.8 Å². The normalized spacial score (nSPS) is 26.7. The first-order chi connectivity index (χ1) is 7.67. The van der Waals surface area contributed by atoms with Crippen LogP contribution in [0, 0.1) is 5.92 Å². The second-order valence-electron chi connectivity index (χ2n) is 4.70. The summed E-state index contributed by atoms with van der Waals surface area (Å²) in [6.07, 6.45) is 3.84. The third-order valence-corrected chi connectivity index (χ3v) is 3.56. The van der Waals surface area contributed by atoms with Crippen LogP contribution < -0.4 is 11.1 Å². The zero-order valence-corrected chi connectivity index (χ0v) is 10.5. The summed E-state index contributed by atoms with van der Waals surface area (Å²) in [5, 5.41) is 2.65. The lowest BCUT2D eigenvalue weighted by Crippen LogP contribution is -2.47. The van der Waals surface area contributed by atoms with Crippen LogP contribution in [0.25, 0.3) is 0 Å². The van der Waals surface area contributed by atoms with Gasteiger partial charge in [0.15, 0.2) is 0 Å². The van der Waals surface area contributed by atoms with E-state index < -0.39 is 0 Å². The van der Waals surface area contributed by atoms with Crippen LogP contribution in [0.4, 0.5) is 0 Å². The number of likely N-dealkylation sites (tertiary alicyclic amines) is 1. The molecule has 2 unspecified atom stereocenters. The molecule has 1 rings (SSSR count). The van der Waals surface area contributed by atoms with Crippen molar-refractivity contribution >= 4 is 5.91 Å². The molecule has 2 atom stereocenters. The van der Waals surface area contributed by atoms with Crippen molar-refractivity contribution in [3.05, 3.63) is 0 Å². The molecular formula is C12H25N3O. The molecule has 94 valence electrons. The van der Waals surface area contributed by atoms with Gasteiger partial charge in [-0.2, -0.15) is 0 Å². The van der Waals surface area contributed by atoms with Crippen molar-refractivity contribution in [1.29, 1.82) is 0 Å². The Hall–Kier alpha value is -0.610. The molecule has 0 aliphatic carbocycles. The molecule has 16 heavy (non-hydrogen) atoms. The van der Waals surface area contributed by atoms with Gasteiger partial charge in [-0.1, -0.05) is 13.3 Å². The van der Waals surface area contributed by atoms with E-state index in [-0.39, 0.29) is 5.91 Å². The van der Waals surface area contributed by atoms with Gasteiger partial charge in [-0.3, -0.25) is 4.79 Å². The number of hydrogen-bond donors (Lipinski definition) is 2. The average molecular weight is 227 g/mol. The highest BCUT2D eigenvalue weighted by Gasteiger charge is 2.24. The molecule has 0 aromatic rings. The quantitative estimate of drug-likeness (QED) is 0.722. The molecule has 4 nitrogen and oxygen atoms in total. The van der Waals surface area contributed by atoms with E-state index in [4.69, 9.17) is 5.73 Å². The summed E-state index contributed by atoms with van der Waals surface area (Å²) in [6.45, 7) is 5.42. The molecule has 0 aromatic heterocycles. The van der Waals surface area contributed by atoms with E-state index in [9.17, 15) is 4.79 Å². The maximum atomic E-state index is 11.1. The summed E-state index contributed by atoms with van der Waals surface area (Å²) in [5.74, 6) is 0.773. The van der Waals surface area contributed by atoms with E-state index in [0.717, 1.165) is 38.9 Å². The zero-order valence-electron chi connectivity index (χ0n) is 10.5. The summed E-state index contributed by atoms with van der Waals surface area (Å²) in [7, 11) is 1.69. The maximum absolute atomic E-state index is 11.1. The molecule has 1 aliphatic rings. The fourth-order valence-electron chi connectivity index (χ4n) is 2.35. The van der Waals surface area contributed by atoms with Crippen molar-refractivity contribution in [3.8, 4) is 0 Å². The number of amides is 1. The van der Waals surface area contributed by atoms with Crippen molar-refractivity contribution < 1.29 is 4.79 Å². The van der Waals surface area contributed by atoms with Gasteiger partial charge in [0.1, 0.15) is 0 Å². The molecule has 0 radical (unpaired) electrons. The molecule has 1 heterocycles. The SMILES string of the molecule is CCC1CN(CCCC(=O)NC)CCC1N. The number of nitrogens with zero attached hydrogens (tertiary/aromatic N) is 1. The van der Waals surface area contributed by atoms with Crippen LogP contribution in [0.5, 0.6) is 0 Å². The molecule has 0 aromatic carbocycles. The number of carbonyl (C=O) groups excluding carboxylic acids is 1. The van der Waals surface area contributed by atoms with Crippen LogP contribution in [0.2, 0.25) is 0 Å². The van der Waals surface area contributed by atoms with E-state index in [1.54, 1.807) is 7.05 Å². The predicted molar refractivity (Wildman–Crippen MR) is 66.1 cm³/mol. The van der Waals surface area contributed by atoms with Gasteiger partial charge in [0.2, 0.25) is 5.91 Å². The largest absolute Gasteiger partial charge is 0.359 e. The van der Waals surface area contributed by atoms with Gasteiger partial charge < -0.3 is 16.0 Å². The first kappa shape index (κ1) is 13.5. The Kier molecular flexibility index (Phi) is 5.77. The Balaban J connectivity index is 2.20. The maximum Gasteiger partial charge on any atom is 0.219 e. The van der Waals surface area contributed by atoms with Gasteiger partial charge in [-0.15, -0.1) is 0 Å². The molecule has 0 spiro atoms. The first-order valence-corrected chi connectivity index (χ1v) is 6.35. The molecule has 0 bridgehead atoms. The van der Waals surface area contributed by atoms with Gasteiger partial charge in [0.05, 0.1) is 0 Å². The third-order valence-electron chi connectivity index (χ3n) is 3.56. The minimum atomic E-state index is 0.140. The van der Waals surface area contributed by atoms with E-state index >= 15 is 0 Å². The molecule has 1 saturated heterocycles. The van der Waals surface area contributed by atoms with E-state index in [2.05, 4.69) is 17.1 Å². The van der Waals surface area contributed by atoms with Gasteiger partial charge in [-0.25, -0.2) is 0 Å². The van der Waals surface area contributed by atoms with Crippen molar-refractivity contribution in [2.75, 3.05) is 26.7 Å². The van der Waals surface area contributed by atoms with Crippen molar-refractivity contribution in [2.45, 2.75) is 38.6 Å². The minimum absolute atomic E-state index is 0.140. The number of nitrogens with one attached hydrogen (secondary N) is 1. The Morgan fingerprint density at radius 3 is 2.94 bits per heavy atom. The number of piperidine rings is 1. The van der Waals surface area contributed by atoms with Crippen molar-refractivity contribution in [3.63, 3.8) is 0 Å². The fraction of sp³-hybridized carbons (Fsp3) is 0.917. The van der Waals surface area contributed by atoms with Crippen LogP contribution in [0.3, 0.4) is 0 Å². The molecule has 1 fully saturated rings. The summed E-state index contributed by atoms with van der Waals surface area (Å²) >= 11 is 0. The molecule has 4 heteroatoms. The monoisotopic (exact) mass is 227 g/mol. The Morgan fingerprint density at radius 1 is 1.56 bits per heavy atom. The molecule has 0 saturated carbocycles. The van der Waals surface area contributed by atoms with Crippen molar-refractivity contribution in [1.82, 2.24) is 10.2 Å². The Morgan fingerprint density at radius 2 is 2.31 bits per heavy atom. The number of rotatable bonds is 5.